The molecule has 0 spiro atoms. The summed E-state index contributed by atoms with van der Waals surface area (Å²) in [6.45, 7) is 5.69. The number of rotatable bonds is 5. The molecule has 0 saturated carbocycles. The molecule has 0 aliphatic heterocycles. The molecule has 0 bridgehead atoms. The van der Waals surface area contributed by atoms with Gasteiger partial charge < -0.3 is 4.90 Å². The van der Waals surface area contributed by atoms with Crippen LogP contribution in [0, 0.1) is 18.3 Å². The smallest absolute Gasteiger partial charge is 0.0635 e. The molecule has 0 N–H and O–H groups in total. The summed E-state index contributed by atoms with van der Waals surface area (Å²) in [6, 6.07) is 2.12. The van der Waals surface area contributed by atoms with E-state index in [2.05, 4.69) is 17.9 Å². The molecule has 2 heteroatoms. The molecule has 1 radical (unpaired) electrons. The van der Waals surface area contributed by atoms with E-state index in [9.17, 15) is 0 Å². The summed E-state index contributed by atoms with van der Waals surface area (Å²) in [6.07, 6.45) is 2.74. The molecule has 0 aliphatic carbocycles. The fourth-order valence-corrected chi connectivity index (χ4v) is 0.734. The van der Waals surface area contributed by atoms with Crippen molar-refractivity contribution in [3.63, 3.8) is 0 Å². The molecule has 10 heavy (non-hydrogen) atoms. The summed E-state index contributed by atoms with van der Waals surface area (Å²) in [4.78, 5) is 2.16. The third-order valence-corrected chi connectivity index (χ3v) is 1.40. The van der Waals surface area contributed by atoms with E-state index in [0.717, 1.165) is 25.9 Å². The first-order valence-electron chi connectivity index (χ1n) is 3.66. The monoisotopic (exact) mass is 139 g/mol. The van der Waals surface area contributed by atoms with Gasteiger partial charge in [-0.3, -0.25) is 0 Å². The van der Waals surface area contributed by atoms with Crippen molar-refractivity contribution < 1.29 is 0 Å². The second kappa shape index (κ2) is 6.57. The van der Waals surface area contributed by atoms with Crippen molar-refractivity contribution in [1.82, 2.24) is 4.90 Å². The van der Waals surface area contributed by atoms with Crippen molar-refractivity contribution in [2.45, 2.75) is 19.3 Å². The third-order valence-electron chi connectivity index (χ3n) is 1.40. The van der Waals surface area contributed by atoms with E-state index in [1.165, 1.54) is 0 Å². The van der Waals surface area contributed by atoms with Crippen LogP contribution in [0.1, 0.15) is 19.3 Å². The highest BCUT2D eigenvalue weighted by molar-refractivity contribution is 4.70. The lowest BCUT2D eigenvalue weighted by Crippen LogP contribution is -2.20. The lowest BCUT2D eigenvalue weighted by atomic mass is 10.3. The van der Waals surface area contributed by atoms with Gasteiger partial charge in [-0.1, -0.05) is 13.3 Å². The van der Waals surface area contributed by atoms with E-state index in [0.29, 0.717) is 6.42 Å². The average molecular weight is 139 g/mol. The van der Waals surface area contributed by atoms with Gasteiger partial charge in [0.05, 0.1) is 6.07 Å². The first-order valence-corrected chi connectivity index (χ1v) is 3.66. The molecule has 0 aromatic carbocycles. The number of hydrogen-bond donors (Lipinski definition) is 0. The Labute approximate surface area is 63.4 Å². The van der Waals surface area contributed by atoms with Crippen LogP contribution in [-0.2, 0) is 0 Å². The minimum absolute atomic E-state index is 0.633. The molecule has 57 valence electrons. The van der Waals surface area contributed by atoms with Crippen LogP contribution < -0.4 is 0 Å². The maximum Gasteiger partial charge on any atom is 0.0635 e. The molecule has 0 rings (SSSR count). The lowest BCUT2D eigenvalue weighted by molar-refractivity contribution is 0.338. The van der Waals surface area contributed by atoms with Crippen molar-refractivity contribution >= 4 is 0 Å². The molecule has 0 amide bonds. The van der Waals surface area contributed by atoms with E-state index >= 15 is 0 Å². The van der Waals surface area contributed by atoms with E-state index in [4.69, 9.17) is 5.26 Å². The summed E-state index contributed by atoms with van der Waals surface area (Å²) < 4.78 is 0. The minimum Gasteiger partial charge on any atom is -0.305 e. The van der Waals surface area contributed by atoms with Crippen molar-refractivity contribution in [3.05, 3.63) is 6.92 Å². The molecular formula is C8H15N2. The highest BCUT2D eigenvalue weighted by Gasteiger charge is 1.94. The fourth-order valence-electron chi connectivity index (χ4n) is 0.734. The van der Waals surface area contributed by atoms with Crippen LogP contribution in [0.25, 0.3) is 0 Å². The predicted octanol–water partition coefficient (Wildman–Crippen LogP) is 1.45. The second-order valence-corrected chi connectivity index (χ2v) is 2.42. The van der Waals surface area contributed by atoms with Gasteiger partial charge in [0.25, 0.3) is 0 Å². The number of hydrogen-bond acceptors (Lipinski definition) is 2. The van der Waals surface area contributed by atoms with Gasteiger partial charge in [-0.05, 0) is 20.0 Å². The summed E-state index contributed by atoms with van der Waals surface area (Å²) in [5, 5.41) is 8.25. The summed E-state index contributed by atoms with van der Waals surface area (Å²) >= 11 is 0. The molecule has 0 aliphatic rings. The molecule has 0 aromatic rings. The number of unbranched alkanes of at least 4 members (excludes halogenated alkanes) is 1. The van der Waals surface area contributed by atoms with E-state index in [1.807, 2.05) is 7.05 Å². The molecule has 0 atom stereocenters. The maximum absolute atomic E-state index is 8.25. The Balaban J connectivity index is 3.10. The zero-order valence-corrected chi connectivity index (χ0v) is 6.64. The van der Waals surface area contributed by atoms with Gasteiger partial charge in [0, 0.05) is 13.0 Å². The Bertz CT molecular complexity index is 104. The minimum atomic E-state index is 0.633. The predicted molar refractivity (Wildman–Crippen MR) is 42.3 cm³/mol. The van der Waals surface area contributed by atoms with E-state index in [-0.39, 0.29) is 0 Å². The molecule has 0 heterocycles. The first-order chi connectivity index (χ1) is 4.81. The van der Waals surface area contributed by atoms with Gasteiger partial charge in [0.2, 0.25) is 0 Å². The Morgan fingerprint density at radius 3 is 2.70 bits per heavy atom. The molecular weight excluding hydrogens is 124 g/mol. The molecule has 0 aromatic heterocycles. The summed E-state index contributed by atoms with van der Waals surface area (Å²) in [5.41, 5.74) is 0. The Morgan fingerprint density at radius 2 is 2.20 bits per heavy atom. The standard InChI is InChI=1S/C8H15N2/c1-3-4-7-10(2)8-5-6-9/h1,3-5,7-8H2,2H3. The van der Waals surface area contributed by atoms with Crippen LogP contribution in [-0.4, -0.2) is 25.0 Å². The van der Waals surface area contributed by atoms with Crippen molar-refractivity contribution in [2.75, 3.05) is 20.1 Å². The second-order valence-electron chi connectivity index (χ2n) is 2.42. The van der Waals surface area contributed by atoms with Gasteiger partial charge in [-0.2, -0.15) is 5.26 Å². The highest BCUT2D eigenvalue weighted by atomic mass is 15.1. The van der Waals surface area contributed by atoms with Crippen molar-refractivity contribution in [3.8, 4) is 6.07 Å². The zero-order chi connectivity index (χ0) is 7.82. The quantitative estimate of drug-likeness (QED) is 0.576. The van der Waals surface area contributed by atoms with Crippen LogP contribution in [0.4, 0.5) is 0 Å². The third kappa shape index (κ3) is 5.58. The zero-order valence-electron chi connectivity index (χ0n) is 6.64. The normalized spacial score (nSPS) is 9.80. The number of nitrogens with zero attached hydrogens (tertiary/aromatic N) is 2. The van der Waals surface area contributed by atoms with Gasteiger partial charge >= 0.3 is 0 Å². The number of nitriles is 1. The molecule has 0 fully saturated rings. The Hall–Kier alpha value is -0.550. The highest BCUT2D eigenvalue weighted by Crippen LogP contribution is 1.91. The van der Waals surface area contributed by atoms with E-state index < -0.39 is 0 Å². The SMILES string of the molecule is [CH2]CCCN(C)CCC#N. The Kier molecular flexibility index (Phi) is 6.21. The summed E-state index contributed by atoms with van der Waals surface area (Å²) in [5.74, 6) is 0. The summed E-state index contributed by atoms with van der Waals surface area (Å²) in [7, 11) is 2.03. The van der Waals surface area contributed by atoms with Gasteiger partial charge in [0.15, 0.2) is 0 Å². The van der Waals surface area contributed by atoms with E-state index in [1.54, 1.807) is 0 Å². The first kappa shape index (κ1) is 9.45. The van der Waals surface area contributed by atoms with Crippen LogP contribution >= 0.6 is 0 Å². The van der Waals surface area contributed by atoms with Crippen LogP contribution in [0.2, 0.25) is 0 Å². The van der Waals surface area contributed by atoms with Gasteiger partial charge in [0.1, 0.15) is 0 Å². The van der Waals surface area contributed by atoms with Crippen LogP contribution in [0.15, 0.2) is 0 Å². The van der Waals surface area contributed by atoms with Crippen molar-refractivity contribution in [2.24, 2.45) is 0 Å². The lowest BCUT2D eigenvalue weighted by Gasteiger charge is -2.12. The van der Waals surface area contributed by atoms with Crippen LogP contribution in [0.3, 0.4) is 0 Å². The maximum atomic E-state index is 8.25. The molecule has 0 unspecified atom stereocenters. The molecule has 2 nitrogen and oxygen atoms in total. The van der Waals surface area contributed by atoms with Gasteiger partial charge in [-0.15, -0.1) is 0 Å². The Morgan fingerprint density at radius 1 is 1.50 bits per heavy atom. The fraction of sp³-hybridized carbons (Fsp3) is 0.750. The van der Waals surface area contributed by atoms with Gasteiger partial charge in [-0.25, -0.2) is 0 Å². The largest absolute Gasteiger partial charge is 0.305 e. The average Bonchev–Trinajstić information content (AvgIpc) is 1.97. The van der Waals surface area contributed by atoms with Crippen molar-refractivity contribution in [1.29, 1.82) is 5.26 Å². The van der Waals surface area contributed by atoms with Crippen LogP contribution in [0.5, 0.6) is 0 Å². The molecule has 0 saturated heterocycles. The topological polar surface area (TPSA) is 27.0 Å².